The fourth-order valence-electron chi connectivity index (χ4n) is 1.12. The topological polar surface area (TPSA) is 72.0 Å². The Kier molecular flexibility index (Phi) is 4.55. The van der Waals surface area contributed by atoms with Crippen LogP contribution in [0.3, 0.4) is 0 Å². The number of aromatic nitrogens is 2. The van der Waals surface area contributed by atoms with Gasteiger partial charge in [0.2, 0.25) is 0 Å². The van der Waals surface area contributed by atoms with E-state index in [9.17, 15) is 8.42 Å². The van der Waals surface area contributed by atoms with E-state index < -0.39 is 9.84 Å². The van der Waals surface area contributed by atoms with E-state index in [0.29, 0.717) is 5.75 Å². The highest BCUT2D eigenvalue weighted by molar-refractivity contribution is 8.00. The van der Waals surface area contributed by atoms with Crippen LogP contribution < -0.4 is 5.32 Å². The Balaban J connectivity index is 2.68. The second-order valence-corrected chi connectivity index (χ2v) is 6.72. The Morgan fingerprint density at radius 3 is 2.69 bits per heavy atom. The van der Waals surface area contributed by atoms with Crippen LogP contribution in [-0.2, 0) is 9.84 Å². The van der Waals surface area contributed by atoms with Crippen molar-refractivity contribution in [2.45, 2.75) is 11.9 Å². The van der Waals surface area contributed by atoms with Crippen molar-refractivity contribution < 1.29 is 8.42 Å². The van der Waals surface area contributed by atoms with E-state index in [-0.39, 0.29) is 5.75 Å². The predicted octanol–water partition coefficient (Wildman–Crippen LogP) is 0.963. The highest BCUT2D eigenvalue weighted by atomic mass is 32.2. The molecule has 5 nitrogen and oxygen atoms in total. The monoisotopic (exact) mass is 261 g/mol. The van der Waals surface area contributed by atoms with Gasteiger partial charge in [-0.1, -0.05) is 0 Å². The standard InChI is InChI=1S/C9H15N3O2S2/c1-7-8(10-2)11-6-12-9(7)15-4-5-16(3,13)14/h6H,4-5H2,1-3H3,(H,10,11,12). The Bertz CT molecular complexity index is 460. The summed E-state index contributed by atoms with van der Waals surface area (Å²) in [6.45, 7) is 1.91. The Morgan fingerprint density at radius 1 is 1.44 bits per heavy atom. The molecule has 0 aromatic carbocycles. The molecule has 16 heavy (non-hydrogen) atoms. The summed E-state index contributed by atoms with van der Waals surface area (Å²) in [7, 11) is -1.11. The summed E-state index contributed by atoms with van der Waals surface area (Å²) < 4.78 is 21.9. The van der Waals surface area contributed by atoms with E-state index in [0.717, 1.165) is 16.4 Å². The van der Waals surface area contributed by atoms with Crippen molar-refractivity contribution in [3.63, 3.8) is 0 Å². The summed E-state index contributed by atoms with van der Waals surface area (Å²) in [5.41, 5.74) is 0.948. The summed E-state index contributed by atoms with van der Waals surface area (Å²) in [6.07, 6.45) is 2.71. The van der Waals surface area contributed by atoms with Gasteiger partial charge in [0.1, 0.15) is 27.0 Å². The minimum atomic E-state index is -2.90. The zero-order valence-corrected chi connectivity index (χ0v) is 11.2. The molecular weight excluding hydrogens is 246 g/mol. The van der Waals surface area contributed by atoms with Crippen molar-refractivity contribution >= 4 is 27.4 Å². The van der Waals surface area contributed by atoms with Crippen LogP contribution in [0.15, 0.2) is 11.4 Å². The molecule has 1 heterocycles. The van der Waals surface area contributed by atoms with Crippen molar-refractivity contribution in [2.75, 3.05) is 30.1 Å². The van der Waals surface area contributed by atoms with Crippen LogP contribution in [0.1, 0.15) is 5.56 Å². The molecule has 0 aliphatic rings. The molecule has 0 saturated carbocycles. The van der Waals surface area contributed by atoms with Gasteiger partial charge in [-0.05, 0) is 6.92 Å². The van der Waals surface area contributed by atoms with E-state index >= 15 is 0 Å². The molecule has 0 amide bonds. The Hall–Kier alpha value is -0.820. The Labute approximate surface area is 100.0 Å². The second kappa shape index (κ2) is 5.49. The van der Waals surface area contributed by atoms with Gasteiger partial charge in [0.05, 0.1) is 5.75 Å². The zero-order chi connectivity index (χ0) is 12.2. The fourth-order valence-corrected chi connectivity index (χ4v) is 3.29. The molecule has 0 aliphatic heterocycles. The molecule has 1 aromatic heterocycles. The van der Waals surface area contributed by atoms with Gasteiger partial charge < -0.3 is 5.32 Å². The van der Waals surface area contributed by atoms with Crippen LogP contribution in [0.5, 0.6) is 0 Å². The molecule has 0 aliphatic carbocycles. The van der Waals surface area contributed by atoms with E-state index in [4.69, 9.17) is 0 Å². The summed E-state index contributed by atoms with van der Waals surface area (Å²) in [4.78, 5) is 8.18. The summed E-state index contributed by atoms with van der Waals surface area (Å²) >= 11 is 1.43. The quantitative estimate of drug-likeness (QED) is 0.629. The maximum Gasteiger partial charge on any atom is 0.148 e. The lowest BCUT2D eigenvalue weighted by molar-refractivity contribution is 0.603. The van der Waals surface area contributed by atoms with Gasteiger partial charge in [-0.15, -0.1) is 11.8 Å². The zero-order valence-electron chi connectivity index (χ0n) is 9.52. The largest absolute Gasteiger partial charge is 0.373 e. The molecule has 7 heteroatoms. The van der Waals surface area contributed by atoms with Crippen LogP contribution in [-0.4, -0.2) is 43.2 Å². The first-order valence-electron chi connectivity index (χ1n) is 4.74. The minimum Gasteiger partial charge on any atom is -0.373 e. The van der Waals surface area contributed by atoms with E-state index in [1.54, 1.807) is 7.05 Å². The van der Waals surface area contributed by atoms with Crippen LogP contribution in [0.4, 0.5) is 5.82 Å². The van der Waals surface area contributed by atoms with Crippen LogP contribution in [0, 0.1) is 6.92 Å². The summed E-state index contributed by atoms with van der Waals surface area (Å²) in [5.74, 6) is 1.45. The van der Waals surface area contributed by atoms with Gasteiger partial charge in [0.25, 0.3) is 0 Å². The van der Waals surface area contributed by atoms with Gasteiger partial charge in [-0.2, -0.15) is 0 Å². The number of hydrogen-bond donors (Lipinski definition) is 1. The van der Waals surface area contributed by atoms with E-state index in [1.807, 2.05) is 6.92 Å². The lowest BCUT2D eigenvalue weighted by Crippen LogP contribution is -2.06. The van der Waals surface area contributed by atoms with Crippen molar-refractivity contribution in [2.24, 2.45) is 0 Å². The predicted molar refractivity (Wildman–Crippen MR) is 66.8 cm³/mol. The maximum absolute atomic E-state index is 11.0. The van der Waals surface area contributed by atoms with Gasteiger partial charge >= 0.3 is 0 Å². The highest BCUT2D eigenvalue weighted by Gasteiger charge is 2.08. The lowest BCUT2D eigenvalue weighted by Gasteiger charge is -2.07. The fraction of sp³-hybridized carbons (Fsp3) is 0.556. The van der Waals surface area contributed by atoms with E-state index in [2.05, 4.69) is 15.3 Å². The average molecular weight is 261 g/mol. The average Bonchev–Trinajstić information content (AvgIpc) is 2.19. The molecule has 0 radical (unpaired) electrons. The molecule has 1 rings (SSSR count). The molecule has 1 N–H and O–H groups in total. The molecule has 0 atom stereocenters. The Morgan fingerprint density at radius 2 is 2.12 bits per heavy atom. The first-order valence-corrected chi connectivity index (χ1v) is 7.78. The second-order valence-electron chi connectivity index (χ2n) is 3.38. The summed E-state index contributed by atoms with van der Waals surface area (Å²) in [5, 5.41) is 3.78. The SMILES string of the molecule is CNc1ncnc(SCCS(C)(=O)=O)c1C. The van der Waals surface area contributed by atoms with Crippen LogP contribution in [0.2, 0.25) is 0 Å². The number of rotatable bonds is 5. The van der Waals surface area contributed by atoms with E-state index in [1.165, 1.54) is 24.3 Å². The molecule has 0 spiro atoms. The number of nitrogens with one attached hydrogen (secondary N) is 1. The van der Waals surface area contributed by atoms with Gasteiger partial charge in [0, 0.05) is 24.6 Å². The molecule has 0 saturated heterocycles. The maximum atomic E-state index is 11.0. The third-order valence-corrected chi connectivity index (χ3v) is 4.26. The number of nitrogens with zero attached hydrogens (tertiary/aromatic N) is 2. The molecule has 0 bridgehead atoms. The van der Waals surface area contributed by atoms with Crippen molar-refractivity contribution in [1.82, 2.24) is 9.97 Å². The third-order valence-electron chi connectivity index (χ3n) is 1.97. The van der Waals surface area contributed by atoms with Crippen LogP contribution >= 0.6 is 11.8 Å². The number of anilines is 1. The molecule has 0 unspecified atom stereocenters. The molecular formula is C9H15N3O2S2. The first kappa shape index (κ1) is 13.2. The summed E-state index contributed by atoms with van der Waals surface area (Å²) in [6, 6.07) is 0. The number of hydrogen-bond acceptors (Lipinski definition) is 6. The first-order chi connectivity index (χ1) is 7.44. The lowest BCUT2D eigenvalue weighted by atomic mass is 10.3. The van der Waals surface area contributed by atoms with Crippen molar-refractivity contribution in [1.29, 1.82) is 0 Å². The third kappa shape index (κ3) is 3.97. The van der Waals surface area contributed by atoms with Gasteiger partial charge in [-0.3, -0.25) is 0 Å². The van der Waals surface area contributed by atoms with Crippen LogP contribution in [0.25, 0.3) is 0 Å². The van der Waals surface area contributed by atoms with Gasteiger partial charge in [-0.25, -0.2) is 18.4 Å². The highest BCUT2D eigenvalue weighted by Crippen LogP contribution is 2.23. The normalized spacial score (nSPS) is 11.4. The van der Waals surface area contributed by atoms with Crippen molar-refractivity contribution in [3.8, 4) is 0 Å². The molecule has 90 valence electrons. The molecule has 0 fully saturated rings. The number of sulfone groups is 1. The number of thioether (sulfide) groups is 1. The minimum absolute atomic E-state index is 0.163. The van der Waals surface area contributed by atoms with Crippen molar-refractivity contribution in [3.05, 3.63) is 11.9 Å². The smallest absolute Gasteiger partial charge is 0.148 e. The van der Waals surface area contributed by atoms with Gasteiger partial charge in [0.15, 0.2) is 0 Å². The molecule has 1 aromatic rings.